The van der Waals surface area contributed by atoms with E-state index in [2.05, 4.69) is 5.32 Å². The summed E-state index contributed by atoms with van der Waals surface area (Å²) in [4.78, 5) is 23.5. The fraction of sp³-hybridized carbons (Fsp3) is 0.333. The quantitative estimate of drug-likeness (QED) is 0.425. The Morgan fingerprint density at radius 2 is 1.96 bits per heavy atom. The molecule has 1 unspecified atom stereocenters. The molecule has 0 saturated carbocycles. The molecule has 1 atom stereocenters. The summed E-state index contributed by atoms with van der Waals surface area (Å²) in [5.74, 6) is -0.753. The van der Waals surface area contributed by atoms with Gasteiger partial charge in [-0.2, -0.15) is 0 Å². The molecule has 0 heterocycles. The number of allylic oxidation sites excluding steroid dienone is 1. The van der Waals surface area contributed by atoms with E-state index in [0.717, 1.165) is 5.56 Å². The molecule has 0 spiro atoms. The number of esters is 1. The molecule has 0 bridgehead atoms. The smallest absolute Gasteiger partial charge is 0.412 e. The van der Waals surface area contributed by atoms with Gasteiger partial charge in [-0.25, -0.2) is 9.59 Å². The van der Waals surface area contributed by atoms with Crippen LogP contribution < -0.4 is 5.32 Å². The van der Waals surface area contributed by atoms with Gasteiger partial charge >= 0.3 is 12.1 Å². The van der Waals surface area contributed by atoms with Gasteiger partial charge in [-0.15, -0.1) is 0 Å². The Balaban J connectivity index is 2.62. The summed E-state index contributed by atoms with van der Waals surface area (Å²) >= 11 is 0. The van der Waals surface area contributed by atoms with Gasteiger partial charge in [0.1, 0.15) is 20.1 Å². The normalized spacial score (nSPS) is 12.3. The van der Waals surface area contributed by atoms with Crippen molar-refractivity contribution in [2.45, 2.75) is 13.5 Å². The van der Waals surface area contributed by atoms with Crippen molar-refractivity contribution in [2.24, 2.45) is 0 Å². The van der Waals surface area contributed by atoms with E-state index in [1.54, 1.807) is 19.1 Å². The molecule has 0 fully saturated rings. The first kappa shape index (κ1) is 18.9. The molecule has 1 rings (SSSR count). The average Bonchev–Trinajstić information content (AvgIpc) is 2.57. The predicted molar refractivity (Wildman–Crippen MR) is 85.4 cm³/mol. The Kier molecular flexibility index (Phi) is 8.72. The summed E-state index contributed by atoms with van der Waals surface area (Å²) in [5.41, 5.74) is 0.645. The van der Waals surface area contributed by atoms with Crippen molar-refractivity contribution in [3.63, 3.8) is 0 Å². The number of ether oxygens (including phenoxy) is 2. The molecule has 0 aliphatic carbocycles. The second kappa shape index (κ2) is 10.6. The largest absolute Gasteiger partial charge is 0.461 e. The summed E-state index contributed by atoms with van der Waals surface area (Å²) in [5, 5.41) is 11.0. The first-order chi connectivity index (χ1) is 11.1. The van der Waals surface area contributed by atoms with E-state index >= 15 is 0 Å². The van der Waals surface area contributed by atoms with E-state index in [-0.39, 0.29) is 25.1 Å². The molecular formula is C15H20NO6P. The fourth-order valence-corrected chi connectivity index (χ4v) is 2.10. The van der Waals surface area contributed by atoms with Gasteiger partial charge in [0, 0.05) is 6.16 Å². The van der Waals surface area contributed by atoms with Crippen LogP contribution in [0.25, 0.3) is 0 Å². The van der Waals surface area contributed by atoms with E-state index < -0.39 is 26.2 Å². The highest BCUT2D eigenvalue weighted by Crippen LogP contribution is 2.18. The molecule has 7 nitrogen and oxygen atoms in total. The fourth-order valence-electron chi connectivity index (χ4n) is 1.54. The van der Waals surface area contributed by atoms with Crippen molar-refractivity contribution in [1.29, 1.82) is 0 Å². The van der Waals surface area contributed by atoms with Crippen LogP contribution in [0.2, 0.25) is 0 Å². The summed E-state index contributed by atoms with van der Waals surface area (Å²) in [6.07, 6.45) is -0.0413. The summed E-state index contributed by atoms with van der Waals surface area (Å²) < 4.78 is 21.1. The lowest BCUT2D eigenvalue weighted by atomic mass is 10.2. The molecule has 0 radical (unpaired) electrons. The topological polar surface area (TPSA) is 102 Å². The third-order valence-corrected chi connectivity index (χ3v) is 3.67. The van der Waals surface area contributed by atoms with Gasteiger partial charge in [-0.1, -0.05) is 30.3 Å². The molecule has 126 valence electrons. The Labute approximate surface area is 135 Å². The number of aliphatic hydroxyl groups excluding tert-OH is 1. The third-order valence-electron chi connectivity index (χ3n) is 2.66. The molecule has 1 aromatic rings. The van der Waals surface area contributed by atoms with Crippen LogP contribution >= 0.6 is 7.80 Å². The van der Waals surface area contributed by atoms with Crippen LogP contribution in [-0.4, -0.2) is 36.3 Å². The SMILES string of the molecule is CCOC(=O)/C(=C\C[PH](=O)CO)NC(=O)OCc1ccccc1. The molecule has 23 heavy (non-hydrogen) atoms. The average molecular weight is 341 g/mol. The van der Waals surface area contributed by atoms with Gasteiger partial charge in [-0.05, 0) is 18.6 Å². The lowest BCUT2D eigenvalue weighted by Crippen LogP contribution is -2.29. The van der Waals surface area contributed by atoms with E-state index in [4.69, 9.17) is 14.6 Å². The number of aliphatic hydroxyl groups is 1. The van der Waals surface area contributed by atoms with Crippen LogP contribution in [0.5, 0.6) is 0 Å². The van der Waals surface area contributed by atoms with Crippen LogP contribution in [0, 0.1) is 0 Å². The number of rotatable bonds is 8. The number of nitrogens with one attached hydrogen (secondary N) is 1. The van der Waals surface area contributed by atoms with Crippen LogP contribution in [0.15, 0.2) is 42.1 Å². The minimum absolute atomic E-state index is 0.0196. The van der Waals surface area contributed by atoms with Gasteiger partial charge in [0.2, 0.25) is 0 Å². The Bertz CT molecular complexity index is 573. The number of carbonyl (C=O) groups excluding carboxylic acids is 2. The van der Waals surface area contributed by atoms with Crippen LogP contribution in [0.3, 0.4) is 0 Å². The maximum Gasteiger partial charge on any atom is 0.412 e. The first-order valence-electron chi connectivity index (χ1n) is 7.04. The molecule has 8 heteroatoms. The van der Waals surface area contributed by atoms with Crippen molar-refractivity contribution >= 4 is 19.9 Å². The summed E-state index contributed by atoms with van der Waals surface area (Å²) in [7, 11) is -2.23. The third kappa shape index (κ3) is 7.63. The summed E-state index contributed by atoms with van der Waals surface area (Å²) in [6.45, 7) is 1.81. The van der Waals surface area contributed by atoms with E-state index in [1.807, 2.05) is 18.2 Å². The van der Waals surface area contributed by atoms with Gasteiger partial charge in [-0.3, -0.25) is 5.32 Å². The zero-order chi connectivity index (χ0) is 17.1. The number of hydrogen-bond acceptors (Lipinski definition) is 6. The Morgan fingerprint density at radius 1 is 1.26 bits per heavy atom. The van der Waals surface area contributed by atoms with Crippen LogP contribution in [-0.2, 0) is 25.4 Å². The number of amides is 1. The predicted octanol–water partition coefficient (Wildman–Crippen LogP) is 1.87. The van der Waals surface area contributed by atoms with Gasteiger partial charge < -0.3 is 19.1 Å². The number of benzene rings is 1. The zero-order valence-electron chi connectivity index (χ0n) is 12.8. The molecule has 0 aliphatic rings. The first-order valence-corrected chi connectivity index (χ1v) is 8.86. The van der Waals surface area contributed by atoms with E-state index in [0.29, 0.717) is 0 Å². The van der Waals surface area contributed by atoms with Crippen LogP contribution in [0.1, 0.15) is 12.5 Å². The molecule has 1 aromatic carbocycles. The van der Waals surface area contributed by atoms with E-state index in [9.17, 15) is 14.2 Å². The maximum absolute atomic E-state index is 11.7. The highest BCUT2D eigenvalue weighted by Gasteiger charge is 2.15. The Hall–Kier alpha value is -2.11. The molecule has 0 aliphatic heterocycles. The molecule has 0 saturated heterocycles. The second-order valence-electron chi connectivity index (χ2n) is 4.43. The summed E-state index contributed by atoms with van der Waals surface area (Å²) in [6, 6.07) is 9.06. The van der Waals surface area contributed by atoms with Crippen molar-refractivity contribution in [3.05, 3.63) is 47.7 Å². The number of carbonyl (C=O) groups is 2. The molecular weight excluding hydrogens is 321 g/mol. The van der Waals surface area contributed by atoms with Crippen molar-refractivity contribution < 1.29 is 28.7 Å². The van der Waals surface area contributed by atoms with Crippen LogP contribution in [0.4, 0.5) is 4.79 Å². The van der Waals surface area contributed by atoms with Gasteiger partial charge in [0.15, 0.2) is 0 Å². The highest BCUT2D eigenvalue weighted by atomic mass is 31.1. The van der Waals surface area contributed by atoms with Crippen molar-refractivity contribution in [1.82, 2.24) is 5.32 Å². The minimum Gasteiger partial charge on any atom is -0.461 e. The van der Waals surface area contributed by atoms with Gasteiger partial charge in [0.25, 0.3) is 0 Å². The van der Waals surface area contributed by atoms with Gasteiger partial charge in [0.05, 0.1) is 13.0 Å². The highest BCUT2D eigenvalue weighted by molar-refractivity contribution is 7.44. The minimum atomic E-state index is -2.23. The lowest BCUT2D eigenvalue weighted by Gasteiger charge is -2.10. The number of alkyl carbamates (subject to hydrolysis) is 1. The molecule has 0 aromatic heterocycles. The zero-order valence-corrected chi connectivity index (χ0v) is 13.8. The Morgan fingerprint density at radius 3 is 2.57 bits per heavy atom. The lowest BCUT2D eigenvalue weighted by molar-refractivity contribution is -0.138. The maximum atomic E-state index is 11.7. The van der Waals surface area contributed by atoms with Crippen molar-refractivity contribution in [3.8, 4) is 0 Å². The monoisotopic (exact) mass is 341 g/mol. The van der Waals surface area contributed by atoms with E-state index in [1.165, 1.54) is 6.08 Å². The standard InChI is InChI=1S/C15H20NO6P/c1-2-21-14(18)13(8-9-23(20)11-17)16-15(19)22-10-12-6-4-3-5-7-12/h3-8,17,23H,2,9-11H2,1H3,(H,16,19)/b13-8+. The number of hydrogen-bond donors (Lipinski definition) is 2. The molecule has 2 N–H and O–H groups in total. The second-order valence-corrected chi connectivity index (χ2v) is 6.23. The van der Waals surface area contributed by atoms with Crippen molar-refractivity contribution in [2.75, 3.05) is 19.1 Å². The molecule has 1 amide bonds.